The van der Waals surface area contributed by atoms with Gasteiger partial charge in [0.1, 0.15) is 0 Å². The van der Waals surface area contributed by atoms with Gasteiger partial charge in [0.15, 0.2) is 0 Å². The molecule has 34 nitrogen and oxygen atoms in total. The van der Waals surface area contributed by atoms with Gasteiger partial charge in [-0.25, -0.2) is 0 Å². The number of hydrogen-bond donors (Lipinski definition) is 2. The Hall–Kier alpha value is -5.10. The van der Waals surface area contributed by atoms with Crippen LogP contribution in [0.15, 0.2) is 0 Å². The fourth-order valence-corrected chi connectivity index (χ4v) is 0. The topological polar surface area (TPSA) is 603 Å². The van der Waals surface area contributed by atoms with Gasteiger partial charge in [0.05, 0.1) is 40.7 Å². The predicted molar refractivity (Wildman–Crippen MR) is 94.9 cm³/mol. The second kappa shape index (κ2) is 63.0. The third-order valence-electron chi connectivity index (χ3n) is 0. The number of hydrogen-bond acceptors (Lipinski definition) is 24. The van der Waals surface area contributed by atoms with E-state index in [1.165, 1.54) is 0 Å². The summed E-state index contributed by atoms with van der Waals surface area (Å²) in [6.07, 6.45) is 0. The van der Waals surface area contributed by atoms with Crippen LogP contribution in [-0.2, 0) is 0 Å². The minimum absolute atomic E-state index is 0. The molecule has 0 saturated carbocycles. The number of nitrogens with zero attached hydrogens (tertiary/aromatic N) is 8. The largest absolute Gasteiger partial charge is 0.369 e. The summed E-state index contributed by atoms with van der Waals surface area (Å²) in [5.74, 6) is 0. The molecule has 0 aliphatic rings. The standard InChI is InChI=1S/Ce.8NO3.2H3N/c;8*2-1(3)4;;/h;;;;;;;;;2*1H3/q;8*-1;;/p+2. The Kier molecular flexibility index (Phi) is 126. The zero-order valence-electron chi connectivity index (χ0n) is 15.9. The predicted octanol–water partition coefficient (Wildman–Crippen LogP) is -1.16. The van der Waals surface area contributed by atoms with E-state index in [2.05, 4.69) is 0 Å². The normalized spacial score (nSPS) is 5.49. The molecule has 0 aromatic carbocycles. The molecular weight excluding hydrogens is 664 g/mol. The molecule has 0 spiro atoms. The van der Waals surface area contributed by atoms with Crippen molar-refractivity contribution < 1.29 is 82.4 Å². The fourth-order valence-electron chi connectivity index (χ4n) is 0. The Morgan fingerprint density at radius 2 is 0.229 bits per heavy atom. The molecule has 0 aliphatic carbocycles. The molecule has 212 valence electrons. The molecule has 0 saturated heterocycles. The average Bonchev–Trinajstić information content (AvgIpc) is 2.30. The van der Waals surface area contributed by atoms with Gasteiger partial charge in [0.25, 0.3) is 0 Å². The fraction of sp³-hybridized carbons (Fsp3) is 0. The zero-order valence-corrected chi connectivity index (χ0v) is 19.0. The summed E-state index contributed by atoms with van der Waals surface area (Å²) in [6.45, 7) is 0. The molecule has 0 unspecified atom stereocenters. The Bertz CT molecular complexity index is 364. The first-order chi connectivity index (χ1) is 13.9. The SMILES string of the molecule is O=[N+]([O-])[O-].O=[N+]([O-])[O-].O=[N+]([O-])[O-].O=[N+]([O-])[O-].O=[N+]([O-])[O-].O=[N+]([O-])[O-].O=[N+]([O-])[O-].O=[N+]([O-])[O-].[Ce].[NH4+].[NH4+]. The molecule has 0 heterocycles. The molecule has 0 aromatic rings. The molecule has 0 bridgehead atoms. The number of quaternary nitrogens is 2. The van der Waals surface area contributed by atoms with Crippen molar-refractivity contribution in [2.24, 2.45) is 0 Å². The Balaban J connectivity index is -0.0000000206. The van der Waals surface area contributed by atoms with Gasteiger partial charge >= 0.3 is 0 Å². The van der Waals surface area contributed by atoms with Crippen molar-refractivity contribution in [1.29, 1.82) is 0 Å². The van der Waals surface area contributed by atoms with E-state index in [9.17, 15) is 0 Å². The van der Waals surface area contributed by atoms with E-state index in [4.69, 9.17) is 123 Å². The molecular formula is H8CeN10O24-6. The number of rotatable bonds is 0. The summed E-state index contributed by atoms with van der Waals surface area (Å²) in [5, 5.41) is 118. The summed E-state index contributed by atoms with van der Waals surface area (Å²) in [6, 6.07) is 0. The van der Waals surface area contributed by atoms with Crippen molar-refractivity contribution in [2.45, 2.75) is 0 Å². The minimum Gasteiger partial charge on any atom is -0.369 e. The van der Waals surface area contributed by atoms with E-state index in [0.717, 1.165) is 0 Å². The van der Waals surface area contributed by atoms with Gasteiger partial charge in [-0.2, -0.15) is 0 Å². The van der Waals surface area contributed by atoms with Crippen LogP contribution in [0.3, 0.4) is 0 Å². The average molecular weight is 672 g/mol. The molecule has 0 radical (unpaired) electrons. The maximum Gasteiger partial charge on any atom is 0.0689 e. The summed E-state index contributed by atoms with van der Waals surface area (Å²) in [4.78, 5) is 66.0. The Labute approximate surface area is 217 Å². The van der Waals surface area contributed by atoms with Gasteiger partial charge in [-0.15, -0.1) is 0 Å². The summed E-state index contributed by atoms with van der Waals surface area (Å²) in [7, 11) is 0. The maximum absolute atomic E-state index is 8.25. The molecule has 8 N–H and O–H groups in total. The van der Waals surface area contributed by atoms with E-state index >= 15 is 0 Å². The van der Waals surface area contributed by atoms with Crippen LogP contribution in [0, 0.1) is 164 Å². The minimum atomic E-state index is -1.75. The Morgan fingerprint density at radius 3 is 0.229 bits per heavy atom. The third kappa shape index (κ3) is 803. The first kappa shape index (κ1) is 69.9. The van der Waals surface area contributed by atoms with Gasteiger partial charge in [-0.05, 0) is 0 Å². The first-order valence-corrected chi connectivity index (χ1v) is 4.38. The van der Waals surface area contributed by atoms with Crippen LogP contribution in [0.4, 0.5) is 0 Å². The van der Waals surface area contributed by atoms with E-state index in [-0.39, 0.29) is 54.0 Å². The molecule has 0 amide bonds. The molecule has 0 aliphatic heterocycles. The van der Waals surface area contributed by atoms with Gasteiger partial charge in [0.2, 0.25) is 0 Å². The van der Waals surface area contributed by atoms with Crippen LogP contribution in [0.1, 0.15) is 0 Å². The van der Waals surface area contributed by atoms with Gasteiger partial charge in [0, 0.05) is 41.7 Å². The van der Waals surface area contributed by atoms with E-state index in [1.807, 2.05) is 0 Å². The van der Waals surface area contributed by atoms with Gasteiger partial charge in [-0.3, -0.25) is 0 Å². The van der Waals surface area contributed by atoms with Crippen molar-refractivity contribution in [3.05, 3.63) is 123 Å². The van der Waals surface area contributed by atoms with Crippen molar-refractivity contribution >= 4 is 0 Å². The molecule has 35 heavy (non-hydrogen) atoms. The summed E-state index contributed by atoms with van der Waals surface area (Å²) >= 11 is 0. The monoisotopic (exact) mass is 672 g/mol. The van der Waals surface area contributed by atoms with Crippen LogP contribution in [0.25, 0.3) is 0 Å². The van der Waals surface area contributed by atoms with Gasteiger partial charge in [-0.1, -0.05) is 0 Å². The molecule has 35 heteroatoms. The third-order valence-corrected chi connectivity index (χ3v) is 0. The molecule has 0 fully saturated rings. The zero-order chi connectivity index (χ0) is 28.6. The van der Waals surface area contributed by atoms with Crippen LogP contribution in [0.5, 0.6) is 0 Å². The van der Waals surface area contributed by atoms with E-state index in [0.29, 0.717) is 0 Å². The van der Waals surface area contributed by atoms with Crippen LogP contribution in [0.2, 0.25) is 0 Å². The Morgan fingerprint density at radius 1 is 0.229 bits per heavy atom. The summed E-state index contributed by atoms with van der Waals surface area (Å²) < 4.78 is 0. The van der Waals surface area contributed by atoms with Crippen LogP contribution < -0.4 is 12.3 Å². The second-order valence-corrected chi connectivity index (χ2v) is 1.79. The van der Waals surface area contributed by atoms with Crippen molar-refractivity contribution in [1.82, 2.24) is 12.3 Å². The second-order valence-electron chi connectivity index (χ2n) is 1.79. The maximum atomic E-state index is 8.25. The molecule has 0 atom stereocenters. The molecule has 0 rings (SSSR count). The van der Waals surface area contributed by atoms with Crippen molar-refractivity contribution in [3.8, 4) is 0 Å². The van der Waals surface area contributed by atoms with Gasteiger partial charge < -0.3 is 135 Å². The van der Waals surface area contributed by atoms with Crippen LogP contribution in [-0.4, -0.2) is 40.7 Å². The molecule has 0 aromatic heterocycles. The van der Waals surface area contributed by atoms with Crippen molar-refractivity contribution in [3.63, 3.8) is 0 Å². The summed E-state index contributed by atoms with van der Waals surface area (Å²) in [5.41, 5.74) is 0. The smallest absolute Gasteiger partial charge is 0.0689 e. The van der Waals surface area contributed by atoms with E-state index in [1.54, 1.807) is 0 Å². The first-order valence-electron chi connectivity index (χ1n) is 4.38. The quantitative estimate of drug-likeness (QED) is 0.226. The van der Waals surface area contributed by atoms with E-state index < -0.39 is 40.7 Å². The van der Waals surface area contributed by atoms with Crippen LogP contribution >= 0.6 is 0 Å². The van der Waals surface area contributed by atoms with Crippen molar-refractivity contribution in [2.75, 3.05) is 0 Å².